The third-order valence-corrected chi connectivity index (χ3v) is 3.16. The highest BCUT2D eigenvalue weighted by Gasteiger charge is 2.32. The SMILES string of the molecule is CC1(C)CC(=O)c2cnc(-c3ncc[nH]3)nc2C1. The molecule has 0 aliphatic heterocycles. The molecule has 2 aromatic heterocycles. The van der Waals surface area contributed by atoms with Gasteiger partial charge in [0.1, 0.15) is 0 Å². The summed E-state index contributed by atoms with van der Waals surface area (Å²) in [6.07, 6.45) is 6.37. The first kappa shape index (κ1) is 11.1. The number of H-pyrrole nitrogens is 1. The number of nitrogens with one attached hydrogen (secondary N) is 1. The summed E-state index contributed by atoms with van der Waals surface area (Å²) in [7, 11) is 0. The van der Waals surface area contributed by atoms with Gasteiger partial charge in [0.05, 0.1) is 11.3 Å². The molecule has 5 nitrogen and oxygen atoms in total. The molecule has 0 saturated heterocycles. The second kappa shape index (κ2) is 3.73. The standard InChI is InChI=1S/C13H14N4O/c1-13(2)5-9-8(10(18)6-13)7-16-12(17-9)11-14-3-4-15-11/h3-4,7H,5-6H2,1-2H3,(H,14,15). The minimum absolute atomic E-state index is 0.0289. The summed E-state index contributed by atoms with van der Waals surface area (Å²) in [5.74, 6) is 1.31. The Hall–Kier alpha value is -2.04. The monoisotopic (exact) mass is 242 g/mol. The largest absolute Gasteiger partial charge is 0.342 e. The Labute approximate surface area is 105 Å². The van der Waals surface area contributed by atoms with Gasteiger partial charge in [-0.15, -0.1) is 0 Å². The number of ketones is 1. The summed E-state index contributed by atoms with van der Waals surface area (Å²) >= 11 is 0. The first-order valence-corrected chi connectivity index (χ1v) is 5.94. The van der Waals surface area contributed by atoms with Crippen LogP contribution in [0.4, 0.5) is 0 Å². The molecule has 0 saturated carbocycles. The van der Waals surface area contributed by atoms with Gasteiger partial charge in [0.2, 0.25) is 0 Å². The topological polar surface area (TPSA) is 71.5 Å². The van der Waals surface area contributed by atoms with Gasteiger partial charge in [0.25, 0.3) is 0 Å². The van der Waals surface area contributed by atoms with Crippen LogP contribution in [0.25, 0.3) is 11.6 Å². The smallest absolute Gasteiger partial charge is 0.195 e. The number of fused-ring (bicyclic) bond motifs is 1. The highest BCUT2D eigenvalue weighted by Crippen LogP contribution is 2.33. The molecule has 0 radical (unpaired) electrons. The summed E-state index contributed by atoms with van der Waals surface area (Å²) in [6.45, 7) is 4.17. The Morgan fingerprint density at radius 2 is 2.11 bits per heavy atom. The number of imidazole rings is 1. The maximum Gasteiger partial charge on any atom is 0.195 e. The predicted octanol–water partition coefficient (Wildman–Crippen LogP) is 2.02. The molecule has 1 aliphatic rings. The van der Waals surface area contributed by atoms with Crippen LogP contribution in [0.3, 0.4) is 0 Å². The normalized spacial score (nSPS) is 17.6. The molecule has 0 spiro atoms. The summed E-state index contributed by atoms with van der Waals surface area (Å²) in [6, 6.07) is 0. The fourth-order valence-corrected chi connectivity index (χ4v) is 2.33. The van der Waals surface area contributed by atoms with Gasteiger partial charge in [0, 0.05) is 25.0 Å². The maximum atomic E-state index is 12.0. The third-order valence-electron chi connectivity index (χ3n) is 3.16. The minimum Gasteiger partial charge on any atom is -0.342 e. The number of Topliss-reactive ketones (excluding diaryl/α,β-unsaturated/α-hetero) is 1. The van der Waals surface area contributed by atoms with Crippen molar-refractivity contribution in [2.45, 2.75) is 26.7 Å². The average Bonchev–Trinajstić information content (AvgIpc) is 2.79. The molecule has 0 amide bonds. The number of hydrogen-bond acceptors (Lipinski definition) is 4. The van der Waals surface area contributed by atoms with E-state index in [1.165, 1.54) is 0 Å². The number of nitrogens with zero attached hydrogens (tertiary/aromatic N) is 3. The molecular weight excluding hydrogens is 228 g/mol. The van der Waals surface area contributed by atoms with E-state index in [9.17, 15) is 4.79 Å². The van der Waals surface area contributed by atoms with E-state index in [0.29, 0.717) is 23.6 Å². The summed E-state index contributed by atoms with van der Waals surface area (Å²) in [4.78, 5) is 27.8. The zero-order valence-corrected chi connectivity index (χ0v) is 10.4. The van der Waals surface area contributed by atoms with Crippen molar-refractivity contribution in [3.8, 4) is 11.6 Å². The molecular formula is C13H14N4O. The van der Waals surface area contributed by atoms with Crippen LogP contribution >= 0.6 is 0 Å². The molecule has 2 heterocycles. The Morgan fingerprint density at radius 3 is 2.83 bits per heavy atom. The number of aromatic nitrogens is 4. The summed E-state index contributed by atoms with van der Waals surface area (Å²) in [5, 5.41) is 0. The van der Waals surface area contributed by atoms with Crippen LogP contribution in [0.2, 0.25) is 0 Å². The molecule has 0 atom stereocenters. The van der Waals surface area contributed by atoms with Crippen LogP contribution in [-0.2, 0) is 6.42 Å². The molecule has 3 rings (SSSR count). The van der Waals surface area contributed by atoms with Gasteiger partial charge in [-0.2, -0.15) is 0 Å². The lowest BCUT2D eigenvalue weighted by atomic mass is 9.76. The Bertz CT molecular complexity index is 601. The number of carbonyl (C=O) groups excluding carboxylic acids is 1. The van der Waals surface area contributed by atoms with Crippen molar-refractivity contribution in [2.24, 2.45) is 5.41 Å². The van der Waals surface area contributed by atoms with Gasteiger partial charge in [-0.05, 0) is 11.8 Å². The quantitative estimate of drug-likeness (QED) is 0.830. The Balaban J connectivity index is 2.08. The van der Waals surface area contributed by atoms with Crippen molar-refractivity contribution in [1.29, 1.82) is 0 Å². The van der Waals surface area contributed by atoms with Crippen LogP contribution < -0.4 is 0 Å². The third kappa shape index (κ3) is 1.81. The average molecular weight is 242 g/mol. The lowest BCUT2D eigenvalue weighted by Gasteiger charge is -2.29. The molecule has 1 N–H and O–H groups in total. The molecule has 0 aromatic carbocycles. The Kier molecular flexibility index (Phi) is 2.29. The van der Waals surface area contributed by atoms with Gasteiger partial charge in [-0.1, -0.05) is 13.8 Å². The molecule has 0 fully saturated rings. The number of hydrogen-bond donors (Lipinski definition) is 1. The number of aromatic amines is 1. The van der Waals surface area contributed by atoms with Crippen molar-refractivity contribution in [1.82, 2.24) is 19.9 Å². The summed E-state index contributed by atoms with van der Waals surface area (Å²) < 4.78 is 0. The molecule has 5 heteroatoms. The zero-order chi connectivity index (χ0) is 12.8. The van der Waals surface area contributed by atoms with Gasteiger partial charge in [-0.25, -0.2) is 15.0 Å². The van der Waals surface area contributed by atoms with E-state index in [1.54, 1.807) is 18.6 Å². The summed E-state index contributed by atoms with van der Waals surface area (Å²) in [5.41, 5.74) is 1.46. The first-order valence-electron chi connectivity index (χ1n) is 5.94. The van der Waals surface area contributed by atoms with Crippen LogP contribution in [0.5, 0.6) is 0 Å². The van der Waals surface area contributed by atoms with Crippen molar-refractivity contribution in [3.05, 3.63) is 29.8 Å². The number of carbonyl (C=O) groups is 1. The van der Waals surface area contributed by atoms with E-state index in [0.717, 1.165) is 12.1 Å². The molecule has 0 unspecified atom stereocenters. The van der Waals surface area contributed by atoms with E-state index in [4.69, 9.17) is 0 Å². The lowest BCUT2D eigenvalue weighted by molar-refractivity contribution is 0.0910. The van der Waals surface area contributed by atoms with Crippen molar-refractivity contribution in [3.63, 3.8) is 0 Å². The second-order valence-electron chi connectivity index (χ2n) is 5.43. The van der Waals surface area contributed by atoms with Crippen LogP contribution in [0, 0.1) is 5.41 Å². The lowest BCUT2D eigenvalue weighted by Crippen LogP contribution is -2.28. The van der Waals surface area contributed by atoms with Gasteiger partial charge < -0.3 is 4.98 Å². The Morgan fingerprint density at radius 1 is 1.28 bits per heavy atom. The molecule has 0 bridgehead atoms. The predicted molar refractivity (Wildman–Crippen MR) is 66.0 cm³/mol. The molecule has 18 heavy (non-hydrogen) atoms. The van der Waals surface area contributed by atoms with Crippen molar-refractivity contribution < 1.29 is 4.79 Å². The van der Waals surface area contributed by atoms with Gasteiger partial charge in [-0.3, -0.25) is 4.79 Å². The number of rotatable bonds is 1. The van der Waals surface area contributed by atoms with Gasteiger partial charge in [0.15, 0.2) is 17.4 Å². The van der Waals surface area contributed by atoms with Gasteiger partial charge >= 0.3 is 0 Å². The fourth-order valence-electron chi connectivity index (χ4n) is 2.33. The molecule has 2 aromatic rings. The van der Waals surface area contributed by atoms with Crippen LogP contribution in [0.15, 0.2) is 18.6 Å². The minimum atomic E-state index is -0.0289. The van der Waals surface area contributed by atoms with E-state index in [-0.39, 0.29) is 11.2 Å². The van der Waals surface area contributed by atoms with E-state index in [1.807, 2.05) is 0 Å². The van der Waals surface area contributed by atoms with E-state index < -0.39 is 0 Å². The first-order chi connectivity index (χ1) is 8.55. The fraction of sp³-hybridized carbons (Fsp3) is 0.385. The highest BCUT2D eigenvalue weighted by atomic mass is 16.1. The van der Waals surface area contributed by atoms with Crippen LogP contribution in [0.1, 0.15) is 36.3 Å². The zero-order valence-electron chi connectivity index (χ0n) is 10.4. The van der Waals surface area contributed by atoms with E-state index in [2.05, 4.69) is 33.8 Å². The maximum absolute atomic E-state index is 12.0. The van der Waals surface area contributed by atoms with E-state index >= 15 is 0 Å². The highest BCUT2D eigenvalue weighted by molar-refractivity contribution is 5.98. The van der Waals surface area contributed by atoms with Crippen LogP contribution in [-0.4, -0.2) is 25.7 Å². The van der Waals surface area contributed by atoms with Crippen molar-refractivity contribution in [2.75, 3.05) is 0 Å². The second-order valence-corrected chi connectivity index (χ2v) is 5.43. The molecule has 1 aliphatic carbocycles. The van der Waals surface area contributed by atoms with Crippen molar-refractivity contribution >= 4 is 5.78 Å². The molecule has 92 valence electrons.